The molecule has 1 saturated heterocycles. The van der Waals surface area contributed by atoms with E-state index in [2.05, 4.69) is 61.0 Å². The summed E-state index contributed by atoms with van der Waals surface area (Å²) in [5, 5.41) is 3.24. The zero-order chi connectivity index (χ0) is 19.1. The van der Waals surface area contributed by atoms with E-state index in [1.54, 1.807) is 6.08 Å². The number of para-hydroxylation sites is 1. The first-order valence-corrected chi connectivity index (χ1v) is 9.19. The second-order valence-corrected chi connectivity index (χ2v) is 7.54. The zero-order valence-electron chi connectivity index (χ0n) is 15.7. The molecule has 4 nitrogen and oxygen atoms in total. The Hall–Kier alpha value is -3.01. The molecule has 0 bridgehead atoms. The molecular formula is C23H24N2O2. The number of carbonyl (C=O) groups excluding carboxylic acids is 1. The molecule has 2 aliphatic rings. The highest BCUT2D eigenvalue weighted by atomic mass is 16.5. The second kappa shape index (κ2) is 6.31. The molecule has 2 aromatic rings. The van der Waals surface area contributed by atoms with E-state index in [4.69, 9.17) is 4.74 Å². The fraction of sp³-hybridized carbons (Fsp3) is 0.261. The minimum absolute atomic E-state index is 0.0513. The normalized spacial score (nSPS) is 22.4. The molecule has 0 saturated carbocycles. The summed E-state index contributed by atoms with van der Waals surface area (Å²) in [6.07, 6.45) is 5.92. The van der Waals surface area contributed by atoms with Crippen LogP contribution in [0.15, 0.2) is 67.3 Å². The number of carbonyl (C=O) groups is 1. The van der Waals surface area contributed by atoms with E-state index < -0.39 is 5.66 Å². The van der Waals surface area contributed by atoms with Crippen LogP contribution in [-0.2, 0) is 10.2 Å². The summed E-state index contributed by atoms with van der Waals surface area (Å²) in [5.41, 5.74) is 2.62. The number of amides is 1. The molecule has 2 heterocycles. The van der Waals surface area contributed by atoms with E-state index >= 15 is 0 Å². The summed E-state index contributed by atoms with van der Waals surface area (Å²) in [4.78, 5) is 14.5. The number of nitrogens with one attached hydrogen (secondary N) is 1. The highest BCUT2D eigenvalue weighted by molar-refractivity contribution is 5.91. The van der Waals surface area contributed by atoms with Crippen LogP contribution >= 0.6 is 0 Å². The predicted molar refractivity (Wildman–Crippen MR) is 109 cm³/mol. The maximum absolute atomic E-state index is 12.3. The third-order valence-corrected chi connectivity index (χ3v) is 5.64. The van der Waals surface area contributed by atoms with Gasteiger partial charge in [0.15, 0.2) is 0 Å². The SMILES string of the molecule is C=CCOc1ccc(/C=C/[C@@]23NC(=O)CN2c2ccccc2C3(C)C)cc1. The van der Waals surface area contributed by atoms with Crippen molar-refractivity contribution in [3.63, 3.8) is 0 Å². The molecule has 4 heteroatoms. The third kappa shape index (κ3) is 2.64. The topological polar surface area (TPSA) is 41.6 Å². The van der Waals surface area contributed by atoms with Crippen LogP contribution in [0.3, 0.4) is 0 Å². The van der Waals surface area contributed by atoms with E-state index in [-0.39, 0.29) is 11.3 Å². The fourth-order valence-electron chi connectivity index (χ4n) is 4.19. The molecule has 0 unspecified atom stereocenters. The van der Waals surface area contributed by atoms with Gasteiger partial charge in [-0.05, 0) is 35.4 Å². The number of benzene rings is 2. The molecule has 2 aliphatic heterocycles. The van der Waals surface area contributed by atoms with Gasteiger partial charge in [-0.1, -0.05) is 62.9 Å². The van der Waals surface area contributed by atoms with Crippen LogP contribution in [0.1, 0.15) is 25.0 Å². The van der Waals surface area contributed by atoms with Gasteiger partial charge < -0.3 is 15.0 Å². The summed E-state index contributed by atoms with van der Waals surface area (Å²) in [7, 11) is 0. The molecular weight excluding hydrogens is 336 g/mol. The predicted octanol–water partition coefficient (Wildman–Crippen LogP) is 3.89. The molecule has 4 rings (SSSR count). The van der Waals surface area contributed by atoms with Gasteiger partial charge in [-0.2, -0.15) is 0 Å². The Bertz CT molecular complexity index is 914. The lowest BCUT2D eigenvalue weighted by molar-refractivity contribution is -0.118. The van der Waals surface area contributed by atoms with Crippen molar-refractivity contribution < 1.29 is 9.53 Å². The third-order valence-electron chi connectivity index (χ3n) is 5.64. The fourth-order valence-corrected chi connectivity index (χ4v) is 4.19. The Balaban J connectivity index is 1.68. The van der Waals surface area contributed by atoms with E-state index in [0.717, 1.165) is 17.0 Å². The first kappa shape index (κ1) is 17.4. The second-order valence-electron chi connectivity index (χ2n) is 7.54. The van der Waals surface area contributed by atoms with E-state index in [9.17, 15) is 4.79 Å². The number of ether oxygens (including phenoxy) is 1. The average molecular weight is 360 g/mol. The van der Waals surface area contributed by atoms with Crippen LogP contribution in [0.4, 0.5) is 5.69 Å². The monoisotopic (exact) mass is 360 g/mol. The van der Waals surface area contributed by atoms with Gasteiger partial charge in [-0.25, -0.2) is 0 Å². The molecule has 0 radical (unpaired) electrons. The van der Waals surface area contributed by atoms with Gasteiger partial charge in [0.1, 0.15) is 18.0 Å². The van der Waals surface area contributed by atoms with Crippen LogP contribution < -0.4 is 15.0 Å². The summed E-state index contributed by atoms with van der Waals surface area (Å²) in [6, 6.07) is 16.3. The molecule has 27 heavy (non-hydrogen) atoms. The van der Waals surface area contributed by atoms with Crippen LogP contribution in [0.2, 0.25) is 0 Å². The van der Waals surface area contributed by atoms with Crippen molar-refractivity contribution in [2.45, 2.75) is 24.9 Å². The number of anilines is 1. The lowest BCUT2D eigenvalue weighted by atomic mass is 9.75. The summed E-state index contributed by atoms with van der Waals surface area (Å²) < 4.78 is 5.54. The Morgan fingerprint density at radius 3 is 2.67 bits per heavy atom. The van der Waals surface area contributed by atoms with Gasteiger partial charge in [0.05, 0.1) is 6.54 Å². The maximum atomic E-state index is 12.3. The average Bonchev–Trinajstić information content (AvgIpc) is 3.10. The van der Waals surface area contributed by atoms with Gasteiger partial charge in [0.25, 0.3) is 0 Å². The molecule has 0 spiro atoms. The molecule has 1 fully saturated rings. The lowest BCUT2D eigenvalue weighted by Crippen LogP contribution is -2.58. The molecule has 1 atom stereocenters. The molecule has 0 aromatic heterocycles. The largest absolute Gasteiger partial charge is 0.490 e. The number of fused-ring (bicyclic) bond motifs is 3. The van der Waals surface area contributed by atoms with Crippen molar-refractivity contribution in [3.05, 3.63) is 78.4 Å². The van der Waals surface area contributed by atoms with Gasteiger partial charge in [-0.15, -0.1) is 0 Å². The Kier molecular flexibility index (Phi) is 4.06. The molecule has 138 valence electrons. The maximum Gasteiger partial charge on any atom is 0.241 e. The van der Waals surface area contributed by atoms with Gasteiger partial charge >= 0.3 is 0 Å². The smallest absolute Gasteiger partial charge is 0.241 e. The van der Waals surface area contributed by atoms with Crippen molar-refractivity contribution in [1.82, 2.24) is 5.32 Å². The number of nitrogens with zero attached hydrogens (tertiary/aromatic N) is 1. The number of rotatable bonds is 5. The van der Waals surface area contributed by atoms with Crippen LogP contribution in [0, 0.1) is 0 Å². The lowest BCUT2D eigenvalue weighted by Gasteiger charge is -2.40. The van der Waals surface area contributed by atoms with Crippen molar-refractivity contribution in [1.29, 1.82) is 0 Å². The quantitative estimate of drug-likeness (QED) is 0.823. The summed E-state index contributed by atoms with van der Waals surface area (Å²) in [6.45, 7) is 8.90. The van der Waals surface area contributed by atoms with E-state index in [1.165, 1.54) is 5.56 Å². The van der Waals surface area contributed by atoms with Gasteiger partial charge in [0, 0.05) is 11.1 Å². The van der Waals surface area contributed by atoms with Gasteiger partial charge in [-0.3, -0.25) is 4.79 Å². The number of hydrogen-bond donors (Lipinski definition) is 1. The minimum atomic E-state index is -0.564. The molecule has 1 amide bonds. The van der Waals surface area contributed by atoms with Crippen molar-refractivity contribution in [2.24, 2.45) is 0 Å². The zero-order valence-corrected chi connectivity index (χ0v) is 15.7. The Morgan fingerprint density at radius 2 is 1.93 bits per heavy atom. The summed E-state index contributed by atoms with van der Waals surface area (Å²) >= 11 is 0. The van der Waals surface area contributed by atoms with E-state index in [1.807, 2.05) is 30.3 Å². The van der Waals surface area contributed by atoms with Crippen LogP contribution in [-0.4, -0.2) is 24.7 Å². The van der Waals surface area contributed by atoms with Crippen molar-refractivity contribution >= 4 is 17.7 Å². The van der Waals surface area contributed by atoms with Crippen LogP contribution in [0.25, 0.3) is 6.08 Å². The van der Waals surface area contributed by atoms with Crippen molar-refractivity contribution in [3.8, 4) is 5.75 Å². The molecule has 0 aliphatic carbocycles. The van der Waals surface area contributed by atoms with Crippen LogP contribution in [0.5, 0.6) is 5.75 Å². The summed E-state index contributed by atoms with van der Waals surface area (Å²) in [5.74, 6) is 0.866. The van der Waals surface area contributed by atoms with Gasteiger partial charge in [0.2, 0.25) is 5.91 Å². The van der Waals surface area contributed by atoms with E-state index in [0.29, 0.717) is 13.2 Å². The first-order valence-electron chi connectivity index (χ1n) is 9.19. The van der Waals surface area contributed by atoms with Crippen molar-refractivity contribution in [2.75, 3.05) is 18.1 Å². The number of hydrogen-bond acceptors (Lipinski definition) is 3. The molecule has 1 N–H and O–H groups in total. The Morgan fingerprint density at radius 1 is 1.19 bits per heavy atom. The standard InChI is InChI=1S/C23H24N2O2/c1-4-15-27-18-11-9-17(10-12-18)13-14-23-22(2,3)19-7-5-6-8-20(19)25(23)16-21(26)24-23/h4-14H,1,15-16H2,2-3H3,(H,24,26)/b14-13+/t23-/m1/s1. The highest BCUT2D eigenvalue weighted by Gasteiger charge is 2.59. The Labute approximate surface area is 160 Å². The first-order chi connectivity index (χ1) is 13.0. The minimum Gasteiger partial charge on any atom is -0.490 e. The highest BCUT2D eigenvalue weighted by Crippen LogP contribution is 2.52. The molecule has 2 aromatic carbocycles.